The van der Waals surface area contributed by atoms with Crippen LogP contribution in [0.2, 0.25) is 0 Å². The van der Waals surface area contributed by atoms with Gasteiger partial charge in [0.05, 0.1) is 0 Å². The average molecular weight is 335 g/mol. The average Bonchev–Trinajstić information content (AvgIpc) is 2.77. The highest BCUT2D eigenvalue weighted by Crippen LogP contribution is 2.20. The SMILES string of the molecule is CC(C)[C@@H]1CN(C(=O)CCCN)CCCN1Cc1ccc(F)cc1. The third-order valence-electron chi connectivity index (χ3n) is 4.77. The third kappa shape index (κ3) is 5.28. The summed E-state index contributed by atoms with van der Waals surface area (Å²) in [7, 11) is 0. The number of nitrogens with zero attached hydrogens (tertiary/aromatic N) is 2. The summed E-state index contributed by atoms with van der Waals surface area (Å²) in [5.74, 6) is 0.467. The highest BCUT2D eigenvalue weighted by atomic mass is 19.1. The molecule has 0 spiro atoms. The molecule has 1 atom stereocenters. The van der Waals surface area contributed by atoms with Gasteiger partial charge in [-0.15, -0.1) is 0 Å². The van der Waals surface area contributed by atoms with Gasteiger partial charge >= 0.3 is 0 Å². The van der Waals surface area contributed by atoms with Crippen molar-refractivity contribution in [2.45, 2.75) is 45.7 Å². The summed E-state index contributed by atoms with van der Waals surface area (Å²) in [6.07, 6.45) is 2.26. The standard InChI is InChI=1S/C19H30FN3O/c1-15(2)18-14-23(19(24)5-3-10-21)12-4-11-22(18)13-16-6-8-17(20)9-7-16/h6-9,15,18H,3-5,10-14,21H2,1-2H3/t18-/m0/s1. The Bertz CT molecular complexity index is 518. The van der Waals surface area contributed by atoms with Crippen LogP contribution < -0.4 is 5.73 Å². The quantitative estimate of drug-likeness (QED) is 0.869. The second kappa shape index (κ2) is 9.14. The number of hydrogen-bond acceptors (Lipinski definition) is 3. The van der Waals surface area contributed by atoms with Gasteiger partial charge in [0.15, 0.2) is 0 Å². The Morgan fingerprint density at radius 2 is 2.00 bits per heavy atom. The molecule has 1 heterocycles. The van der Waals surface area contributed by atoms with Crippen LogP contribution in [0, 0.1) is 11.7 Å². The molecule has 4 nitrogen and oxygen atoms in total. The number of halogens is 1. The first-order valence-corrected chi connectivity index (χ1v) is 8.97. The fourth-order valence-corrected chi connectivity index (χ4v) is 3.35. The summed E-state index contributed by atoms with van der Waals surface area (Å²) in [5, 5.41) is 0. The van der Waals surface area contributed by atoms with Crippen LogP contribution in [0.1, 0.15) is 38.7 Å². The first-order chi connectivity index (χ1) is 11.5. The molecule has 0 bridgehead atoms. The first kappa shape index (κ1) is 18.9. The molecular weight excluding hydrogens is 305 g/mol. The Labute approximate surface area is 144 Å². The molecule has 0 saturated carbocycles. The van der Waals surface area contributed by atoms with Crippen molar-refractivity contribution in [1.82, 2.24) is 9.80 Å². The van der Waals surface area contributed by atoms with E-state index < -0.39 is 0 Å². The van der Waals surface area contributed by atoms with Crippen LogP contribution in [-0.2, 0) is 11.3 Å². The number of carbonyl (C=O) groups is 1. The van der Waals surface area contributed by atoms with E-state index in [0.29, 0.717) is 24.9 Å². The van der Waals surface area contributed by atoms with Gasteiger partial charge in [0, 0.05) is 38.6 Å². The van der Waals surface area contributed by atoms with Crippen molar-refractivity contribution >= 4 is 5.91 Å². The highest BCUT2D eigenvalue weighted by Gasteiger charge is 2.29. The lowest BCUT2D eigenvalue weighted by Gasteiger charge is -2.34. The summed E-state index contributed by atoms with van der Waals surface area (Å²) >= 11 is 0. The molecule has 0 aliphatic carbocycles. The molecule has 134 valence electrons. The lowest BCUT2D eigenvalue weighted by Crippen LogP contribution is -2.45. The summed E-state index contributed by atoms with van der Waals surface area (Å²) in [4.78, 5) is 16.8. The van der Waals surface area contributed by atoms with E-state index in [2.05, 4.69) is 18.7 Å². The van der Waals surface area contributed by atoms with Crippen molar-refractivity contribution in [3.63, 3.8) is 0 Å². The lowest BCUT2D eigenvalue weighted by atomic mass is 10.0. The normalized spacial score (nSPS) is 19.5. The molecule has 1 aromatic rings. The van der Waals surface area contributed by atoms with Gasteiger partial charge in [0.1, 0.15) is 5.82 Å². The summed E-state index contributed by atoms with van der Waals surface area (Å²) in [5.41, 5.74) is 6.64. The van der Waals surface area contributed by atoms with Crippen molar-refractivity contribution in [2.75, 3.05) is 26.2 Å². The fourth-order valence-electron chi connectivity index (χ4n) is 3.35. The summed E-state index contributed by atoms with van der Waals surface area (Å²) < 4.78 is 13.1. The van der Waals surface area contributed by atoms with Crippen molar-refractivity contribution in [2.24, 2.45) is 11.7 Å². The molecule has 1 saturated heterocycles. The van der Waals surface area contributed by atoms with E-state index in [1.54, 1.807) is 0 Å². The molecule has 2 N–H and O–H groups in total. The zero-order valence-electron chi connectivity index (χ0n) is 14.9. The minimum Gasteiger partial charge on any atom is -0.341 e. The fraction of sp³-hybridized carbons (Fsp3) is 0.632. The number of carbonyl (C=O) groups excluding carboxylic acids is 1. The van der Waals surface area contributed by atoms with E-state index in [-0.39, 0.29) is 11.7 Å². The van der Waals surface area contributed by atoms with Crippen molar-refractivity contribution in [3.8, 4) is 0 Å². The Balaban J connectivity index is 2.05. The largest absolute Gasteiger partial charge is 0.341 e. The van der Waals surface area contributed by atoms with Crippen LogP contribution in [0.4, 0.5) is 4.39 Å². The smallest absolute Gasteiger partial charge is 0.222 e. The topological polar surface area (TPSA) is 49.6 Å². The molecule has 0 unspecified atom stereocenters. The zero-order chi connectivity index (χ0) is 17.5. The molecule has 1 aliphatic rings. The molecular formula is C19H30FN3O. The van der Waals surface area contributed by atoms with Gasteiger partial charge in [-0.2, -0.15) is 0 Å². The van der Waals surface area contributed by atoms with E-state index >= 15 is 0 Å². The van der Waals surface area contributed by atoms with Crippen molar-refractivity contribution in [1.29, 1.82) is 0 Å². The maximum atomic E-state index is 13.1. The van der Waals surface area contributed by atoms with Crippen LogP contribution in [0.25, 0.3) is 0 Å². The molecule has 1 aliphatic heterocycles. The number of nitrogens with two attached hydrogens (primary N) is 1. The maximum Gasteiger partial charge on any atom is 0.222 e. The second-order valence-electron chi connectivity index (χ2n) is 6.99. The van der Waals surface area contributed by atoms with Gasteiger partial charge in [0.25, 0.3) is 0 Å². The minimum atomic E-state index is -0.202. The highest BCUT2D eigenvalue weighted by molar-refractivity contribution is 5.76. The van der Waals surface area contributed by atoms with Crippen LogP contribution in [-0.4, -0.2) is 47.9 Å². The number of benzene rings is 1. The predicted molar refractivity (Wildman–Crippen MR) is 94.9 cm³/mol. The van der Waals surface area contributed by atoms with Gasteiger partial charge in [-0.05, 0) is 43.0 Å². The lowest BCUT2D eigenvalue weighted by molar-refractivity contribution is -0.131. The first-order valence-electron chi connectivity index (χ1n) is 8.97. The van der Waals surface area contributed by atoms with E-state index in [1.807, 2.05) is 17.0 Å². The van der Waals surface area contributed by atoms with Gasteiger partial charge in [-0.1, -0.05) is 26.0 Å². The molecule has 24 heavy (non-hydrogen) atoms. The summed E-state index contributed by atoms with van der Waals surface area (Å²) in [6.45, 7) is 8.31. The minimum absolute atomic E-state index is 0.202. The Morgan fingerprint density at radius 1 is 1.29 bits per heavy atom. The molecule has 2 rings (SSSR count). The monoisotopic (exact) mass is 335 g/mol. The van der Waals surface area contributed by atoms with Gasteiger partial charge in [-0.25, -0.2) is 4.39 Å². The zero-order valence-corrected chi connectivity index (χ0v) is 14.9. The predicted octanol–water partition coefficient (Wildman–Crippen LogP) is 2.62. The van der Waals surface area contributed by atoms with Crippen molar-refractivity contribution < 1.29 is 9.18 Å². The second-order valence-corrected chi connectivity index (χ2v) is 6.99. The Morgan fingerprint density at radius 3 is 2.62 bits per heavy atom. The van der Waals surface area contributed by atoms with E-state index in [9.17, 15) is 9.18 Å². The van der Waals surface area contributed by atoms with E-state index in [1.165, 1.54) is 12.1 Å². The van der Waals surface area contributed by atoms with Crippen LogP contribution in [0.15, 0.2) is 24.3 Å². The summed E-state index contributed by atoms with van der Waals surface area (Å²) in [6, 6.07) is 7.04. The van der Waals surface area contributed by atoms with E-state index in [4.69, 9.17) is 5.73 Å². The van der Waals surface area contributed by atoms with Gasteiger partial charge < -0.3 is 10.6 Å². The Hall–Kier alpha value is -1.46. The van der Waals surface area contributed by atoms with Crippen LogP contribution >= 0.6 is 0 Å². The Kier molecular flexibility index (Phi) is 7.18. The maximum absolute atomic E-state index is 13.1. The number of rotatable bonds is 6. The van der Waals surface area contributed by atoms with Gasteiger partial charge in [-0.3, -0.25) is 9.69 Å². The number of amides is 1. The number of hydrogen-bond donors (Lipinski definition) is 1. The molecule has 0 aromatic heterocycles. The molecule has 1 amide bonds. The van der Waals surface area contributed by atoms with Gasteiger partial charge in [0.2, 0.25) is 5.91 Å². The van der Waals surface area contributed by atoms with Crippen LogP contribution in [0.5, 0.6) is 0 Å². The molecule has 1 fully saturated rings. The van der Waals surface area contributed by atoms with Crippen LogP contribution in [0.3, 0.4) is 0 Å². The third-order valence-corrected chi connectivity index (χ3v) is 4.77. The molecule has 5 heteroatoms. The van der Waals surface area contributed by atoms with E-state index in [0.717, 1.165) is 44.6 Å². The molecule has 1 aromatic carbocycles. The molecule has 0 radical (unpaired) electrons. The van der Waals surface area contributed by atoms with Crippen molar-refractivity contribution in [3.05, 3.63) is 35.6 Å².